The fraction of sp³-hybridized carbons (Fsp3) is 0.647. The van der Waals surface area contributed by atoms with Crippen LogP contribution in [0.1, 0.15) is 33.3 Å². The van der Waals surface area contributed by atoms with Crippen LogP contribution in [0.15, 0.2) is 12.1 Å². The molecule has 2 aliphatic rings. The van der Waals surface area contributed by atoms with Crippen molar-refractivity contribution in [1.82, 2.24) is 5.32 Å². The van der Waals surface area contributed by atoms with Crippen molar-refractivity contribution in [2.75, 3.05) is 20.3 Å². The van der Waals surface area contributed by atoms with E-state index >= 15 is 0 Å². The van der Waals surface area contributed by atoms with Crippen LogP contribution in [0.4, 0.5) is 0 Å². The Kier molecular flexibility index (Phi) is 3.32. The summed E-state index contributed by atoms with van der Waals surface area (Å²) in [7, 11) is 1.66. The van der Waals surface area contributed by atoms with Gasteiger partial charge in [-0.05, 0) is 28.5 Å². The monoisotopic (exact) mass is 291 g/mol. The highest BCUT2D eigenvalue weighted by Gasteiger charge is 2.64. The Balaban J connectivity index is 1.75. The number of methoxy groups -OCH3 is 1. The average Bonchev–Trinajstić information content (AvgIpc) is 2.85. The lowest BCUT2D eigenvalue weighted by Crippen LogP contribution is -2.22. The number of nitrogens with one attached hydrogen (secondary N) is 1. The topological polar surface area (TPSA) is 39.7 Å². The molecule has 1 aliphatic heterocycles. The van der Waals surface area contributed by atoms with Crippen LogP contribution in [-0.4, -0.2) is 26.4 Å². The van der Waals surface area contributed by atoms with Gasteiger partial charge < -0.3 is 19.5 Å². The van der Waals surface area contributed by atoms with Crippen LogP contribution < -0.4 is 19.5 Å². The van der Waals surface area contributed by atoms with Crippen LogP contribution in [-0.2, 0) is 6.54 Å². The van der Waals surface area contributed by atoms with Gasteiger partial charge in [0.1, 0.15) is 13.2 Å². The van der Waals surface area contributed by atoms with Gasteiger partial charge in [0.2, 0.25) is 5.75 Å². The normalized spacial score (nSPS) is 22.0. The zero-order chi connectivity index (χ0) is 15.3. The van der Waals surface area contributed by atoms with E-state index in [0.29, 0.717) is 30.1 Å². The number of rotatable bonds is 4. The molecule has 0 amide bonds. The third-order valence-electron chi connectivity index (χ3n) is 5.42. The van der Waals surface area contributed by atoms with Gasteiger partial charge in [-0.1, -0.05) is 27.7 Å². The number of hydrogen-bond acceptors (Lipinski definition) is 4. The Morgan fingerprint density at radius 3 is 2.43 bits per heavy atom. The molecule has 1 aromatic rings. The van der Waals surface area contributed by atoms with Crippen molar-refractivity contribution < 1.29 is 14.2 Å². The van der Waals surface area contributed by atoms with E-state index < -0.39 is 0 Å². The molecule has 0 saturated heterocycles. The zero-order valence-corrected chi connectivity index (χ0v) is 13.6. The standard InChI is InChI=1S/C17H25NO3/c1-16(2)15(17(16,3)4)18-10-11-8-12(19-5)14-13(9-11)20-6-7-21-14/h8-9,15,18H,6-7,10H2,1-5H3. The Morgan fingerprint density at radius 2 is 1.81 bits per heavy atom. The summed E-state index contributed by atoms with van der Waals surface area (Å²) in [6.07, 6.45) is 0. The molecule has 4 heteroatoms. The molecule has 1 N–H and O–H groups in total. The highest BCUT2D eigenvalue weighted by molar-refractivity contribution is 5.54. The first-order valence-corrected chi connectivity index (χ1v) is 7.58. The van der Waals surface area contributed by atoms with Gasteiger partial charge in [-0.25, -0.2) is 0 Å². The SMILES string of the molecule is COc1cc(CNC2C(C)(C)C2(C)C)cc2c1OCCO2. The molecule has 3 rings (SSSR count). The van der Waals surface area contributed by atoms with Gasteiger partial charge in [0.15, 0.2) is 11.5 Å². The summed E-state index contributed by atoms with van der Waals surface area (Å²) >= 11 is 0. The molecule has 4 nitrogen and oxygen atoms in total. The summed E-state index contributed by atoms with van der Waals surface area (Å²) in [6, 6.07) is 4.61. The fourth-order valence-electron chi connectivity index (χ4n) is 3.36. The Hall–Kier alpha value is -1.42. The molecule has 0 unspecified atom stereocenters. The second-order valence-corrected chi connectivity index (χ2v) is 7.08. The van der Waals surface area contributed by atoms with Gasteiger partial charge in [0.25, 0.3) is 0 Å². The summed E-state index contributed by atoms with van der Waals surface area (Å²) in [6.45, 7) is 11.2. The largest absolute Gasteiger partial charge is 0.493 e. The van der Waals surface area contributed by atoms with Crippen LogP contribution in [0, 0.1) is 10.8 Å². The van der Waals surface area contributed by atoms with E-state index in [9.17, 15) is 0 Å². The predicted molar refractivity (Wildman–Crippen MR) is 82.2 cm³/mol. The minimum Gasteiger partial charge on any atom is -0.493 e. The van der Waals surface area contributed by atoms with Crippen molar-refractivity contribution in [3.05, 3.63) is 17.7 Å². The van der Waals surface area contributed by atoms with Crippen LogP contribution in [0.5, 0.6) is 17.2 Å². The molecule has 0 bridgehead atoms. The molecular formula is C17H25NO3. The average molecular weight is 291 g/mol. The highest BCUT2D eigenvalue weighted by atomic mass is 16.6. The van der Waals surface area contributed by atoms with Crippen LogP contribution in [0.25, 0.3) is 0 Å². The van der Waals surface area contributed by atoms with Gasteiger partial charge >= 0.3 is 0 Å². The van der Waals surface area contributed by atoms with Crippen molar-refractivity contribution in [2.45, 2.75) is 40.3 Å². The summed E-state index contributed by atoms with van der Waals surface area (Å²) in [5, 5.41) is 3.66. The maximum Gasteiger partial charge on any atom is 0.203 e. The molecule has 1 aromatic carbocycles. The third kappa shape index (κ3) is 2.26. The lowest BCUT2D eigenvalue weighted by Gasteiger charge is -2.21. The molecule has 1 saturated carbocycles. The maximum absolute atomic E-state index is 5.68. The van der Waals surface area contributed by atoms with Crippen molar-refractivity contribution in [1.29, 1.82) is 0 Å². The molecule has 0 aromatic heterocycles. The summed E-state index contributed by atoms with van der Waals surface area (Å²) < 4.78 is 16.7. The van der Waals surface area contributed by atoms with E-state index in [4.69, 9.17) is 14.2 Å². The molecule has 0 spiro atoms. The Bertz CT molecular complexity index is 520. The molecule has 0 atom stereocenters. The van der Waals surface area contributed by atoms with Crippen LogP contribution in [0.2, 0.25) is 0 Å². The molecule has 1 fully saturated rings. The molecule has 1 aliphatic carbocycles. The minimum atomic E-state index is 0.338. The van der Waals surface area contributed by atoms with Gasteiger partial charge in [-0.3, -0.25) is 0 Å². The van der Waals surface area contributed by atoms with E-state index in [2.05, 4.69) is 33.0 Å². The fourth-order valence-corrected chi connectivity index (χ4v) is 3.36. The summed E-state index contributed by atoms with van der Waals surface area (Å²) in [5.41, 5.74) is 1.84. The lowest BCUT2D eigenvalue weighted by atomic mass is 10.0. The first kappa shape index (κ1) is 14.5. The first-order valence-electron chi connectivity index (χ1n) is 7.58. The number of hydrogen-bond donors (Lipinski definition) is 1. The lowest BCUT2D eigenvalue weighted by molar-refractivity contribution is 0.165. The Morgan fingerprint density at radius 1 is 1.14 bits per heavy atom. The smallest absolute Gasteiger partial charge is 0.203 e. The van der Waals surface area contributed by atoms with Crippen molar-refractivity contribution in [2.24, 2.45) is 10.8 Å². The molecular weight excluding hydrogens is 266 g/mol. The van der Waals surface area contributed by atoms with E-state index in [1.54, 1.807) is 7.11 Å². The van der Waals surface area contributed by atoms with Crippen molar-refractivity contribution in [3.8, 4) is 17.2 Å². The van der Waals surface area contributed by atoms with E-state index in [1.807, 2.05) is 12.1 Å². The van der Waals surface area contributed by atoms with Crippen molar-refractivity contribution in [3.63, 3.8) is 0 Å². The van der Waals surface area contributed by atoms with Gasteiger partial charge in [-0.2, -0.15) is 0 Å². The minimum absolute atomic E-state index is 0.338. The molecule has 21 heavy (non-hydrogen) atoms. The van der Waals surface area contributed by atoms with Crippen molar-refractivity contribution >= 4 is 0 Å². The molecule has 116 valence electrons. The molecule has 1 heterocycles. The maximum atomic E-state index is 5.68. The quantitative estimate of drug-likeness (QED) is 0.925. The van der Waals surface area contributed by atoms with Gasteiger partial charge in [0.05, 0.1) is 7.11 Å². The van der Waals surface area contributed by atoms with Gasteiger partial charge in [0, 0.05) is 12.6 Å². The number of benzene rings is 1. The van der Waals surface area contributed by atoms with E-state index in [1.165, 1.54) is 0 Å². The second-order valence-electron chi connectivity index (χ2n) is 7.08. The van der Waals surface area contributed by atoms with Crippen LogP contribution >= 0.6 is 0 Å². The van der Waals surface area contributed by atoms with Crippen LogP contribution in [0.3, 0.4) is 0 Å². The first-order chi connectivity index (χ1) is 9.88. The third-order valence-corrected chi connectivity index (χ3v) is 5.42. The van der Waals surface area contributed by atoms with Gasteiger partial charge in [-0.15, -0.1) is 0 Å². The van der Waals surface area contributed by atoms with E-state index in [-0.39, 0.29) is 0 Å². The highest BCUT2D eigenvalue weighted by Crippen LogP contribution is 2.62. The molecule has 0 radical (unpaired) electrons. The number of fused-ring (bicyclic) bond motifs is 1. The Labute approximate surface area is 126 Å². The zero-order valence-electron chi connectivity index (χ0n) is 13.6. The predicted octanol–water partition coefficient (Wildman–Crippen LogP) is 2.99. The van der Waals surface area contributed by atoms with E-state index in [0.717, 1.165) is 29.4 Å². The summed E-state index contributed by atoms with van der Waals surface area (Å²) in [5.74, 6) is 2.25. The second kappa shape index (κ2) is 4.80. The summed E-state index contributed by atoms with van der Waals surface area (Å²) in [4.78, 5) is 0. The number of ether oxygens (including phenoxy) is 3.